The average molecular weight is 268 g/mol. The maximum Gasteiger partial charge on any atom is 0.331 e. The second kappa shape index (κ2) is 12.6. The molecule has 0 aromatic heterocycles. The predicted molar refractivity (Wildman–Crippen MR) is 77.1 cm³/mol. The van der Waals surface area contributed by atoms with Gasteiger partial charge in [-0.2, -0.15) is 0 Å². The van der Waals surface area contributed by atoms with Gasteiger partial charge in [-0.1, -0.05) is 45.4 Å². The molecule has 0 aliphatic carbocycles. The van der Waals surface area contributed by atoms with E-state index in [0.717, 1.165) is 12.8 Å². The Hall–Kier alpha value is -1.84. The van der Waals surface area contributed by atoms with E-state index in [0.29, 0.717) is 18.4 Å². The van der Waals surface area contributed by atoms with Gasteiger partial charge in [0.05, 0.1) is 0 Å². The maximum atomic E-state index is 10.3. The van der Waals surface area contributed by atoms with E-state index in [1.807, 2.05) is 0 Å². The molecule has 2 N–H and O–H groups in total. The van der Waals surface area contributed by atoms with Crippen molar-refractivity contribution in [2.24, 2.45) is 0 Å². The van der Waals surface area contributed by atoms with Crippen LogP contribution in [0.3, 0.4) is 0 Å². The summed E-state index contributed by atoms with van der Waals surface area (Å²) >= 11 is 0. The summed E-state index contributed by atoms with van der Waals surface area (Å²) in [6.45, 7) is 12.2. The van der Waals surface area contributed by atoms with Crippen LogP contribution in [0.15, 0.2) is 37.0 Å². The highest BCUT2D eigenvalue weighted by atomic mass is 16.4. The number of hydrogen-bond acceptors (Lipinski definition) is 2. The van der Waals surface area contributed by atoms with E-state index in [1.54, 1.807) is 0 Å². The van der Waals surface area contributed by atoms with Crippen molar-refractivity contribution in [3.63, 3.8) is 0 Å². The van der Waals surface area contributed by atoms with E-state index in [-0.39, 0.29) is 5.57 Å². The Morgan fingerprint density at radius 2 is 1.53 bits per heavy atom. The van der Waals surface area contributed by atoms with Crippen LogP contribution in [0.5, 0.6) is 0 Å². The Bertz CT molecular complexity index is 329. The molecule has 0 radical (unpaired) electrons. The van der Waals surface area contributed by atoms with Crippen molar-refractivity contribution in [1.82, 2.24) is 0 Å². The first-order valence-corrected chi connectivity index (χ1v) is 6.29. The molecule has 0 saturated carbocycles. The summed E-state index contributed by atoms with van der Waals surface area (Å²) in [5.41, 5.74) is 0.515. The Kier molecular flexibility index (Phi) is 12.9. The number of carboxylic acids is 2. The zero-order chi connectivity index (χ0) is 15.3. The lowest BCUT2D eigenvalue weighted by atomic mass is 10.1. The number of carbonyl (C=O) groups is 2. The molecule has 0 rings (SSSR count). The Balaban J connectivity index is 0. The summed E-state index contributed by atoms with van der Waals surface area (Å²) in [5, 5.41) is 16.6. The molecule has 19 heavy (non-hydrogen) atoms. The molecule has 0 aromatic carbocycles. The third-order valence-corrected chi connectivity index (χ3v) is 2.33. The van der Waals surface area contributed by atoms with Crippen LogP contribution in [0.1, 0.15) is 45.4 Å². The second-order valence-electron chi connectivity index (χ2n) is 4.12. The summed E-state index contributed by atoms with van der Waals surface area (Å²) in [5.74, 6) is -1.81. The van der Waals surface area contributed by atoms with Crippen LogP contribution >= 0.6 is 0 Å². The topological polar surface area (TPSA) is 74.6 Å². The first kappa shape index (κ1) is 19.5. The molecule has 0 heterocycles. The molecule has 0 fully saturated rings. The fraction of sp³-hybridized carbons (Fsp3) is 0.467. The normalized spacial score (nSPS) is 8.89. The van der Waals surface area contributed by atoms with Gasteiger partial charge >= 0.3 is 11.9 Å². The number of allylic oxidation sites excluding steroid dienone is 1. The fourth-order valence-corrected chi connectivity index (χ4v) is 1.13. The van der Waals surface area contributed by atoms with Gasteiger partial charge in [-0.15, -0.1) is 6.58 Å². The molecule has 108 valence electrons. The van der Waals surface area contributed by atoms with Crippen molar-refractivity contribution in [2.45, 2.75) is 45.4 Å². The third kappa shape index (κ3) is 14.1. The maximum absolute atomic E-state index is 10.3. The number of carboxylic acid groups (broad SMARTS) is 2. The van der Waals surface area contributed by atoms with Crippen molar-refractivity contribution in [3.8, 4) is 0 Å². The number of hydrogen-bond donors (Lipinski definition) is 2. The van der Waals surface area contributed by atoms with Crippen LogP contribution in [0.25, 0.3) is 0 Å². The molecule has 4 heteroatoms. The average Bonchev–Trinajstić information content (AvgIpc) is 2.35. The van der Waals surface area contributed by atoms with Crippen molar-refractivity contribution in [1.29, 1.82) is 0 Å². The molecular weight excluding hydrogens is 244 g/mol. The Morgan fingerprint density at radius 3 is 1.84 bits per heavy atom. The number of unbranched alkanes of at least 4 members (excludes halogenated alkanes) is 3. The van der Waals surface area contributed by atoms with Gasteiger partial charge in [0.1, 0.15) is 0 Å². The lowest BCUT2D eigenvalue weighted by molar-refractivity contribution is -0.133. The predicted octanol–water partition coefficient (Wildman–Crippen LogP) is 3.80. The van der Waals surface area contributed by atoms with Crippen LogP contribution in [0.2, 0.25) is 0 Å². The highest BCUT2D eigenvalue weighted by Gasteiger charge is 2.01. The second-order valence-corrected chi connectivity index (χ2v) is 4.12. The van der Waals surface area contributed by atoms with Crippen LogP contribution < -0.4 is 0 Å². The van der Waals surface area contributed by atoms with Gasteiger partial charge < -0.3 is 10.2 Å². The van der Waals surface area contributed by atoms with Gasteiger partial charge in [0.25, 0.3) is 0 Å². The zero-order valence-corrected chi connectivity index (χ0v) is 11.7. The first-order chi connectivity index (χ1) is 8.86. The molecule has 0 saturated heterocycles. The lowest BCUT2D eigenvalue weighted by Gasteiger charge is -1.98. The first-order valence-electron chi connectivity index (χ1n) is 6.29. The van der Waals surface area contributed by atoms with E-state index in [4.69, 9.17) is 10.2 Å². The summed E-state index contributed by atoms with van der Waals surface area (Å²) in [6, 6.07) is 0. The van der Waals surface area contributed by atoms with Gasteiger partial charge in [-0.3, -0.25) is 0 Å². The summed E-state index contributed by atoms with van der Waals surface area (Å²) in [4.78, 5) is 20.2. The van der Waals surface area contributed by atoms with Gasteiger partial charge in [0.15, 0.2) is 0 Å². The highest BCUT2D eigenvalue weighted by Crippen LogP contribution is 2.08. The van der Waals surface area contributed by atoms with Crippen molar-refractivity contribution >= 4 is 11.9 Å². The summed E-state index contributed by atoms with van der Waals surface area (Å²) < 4.78 is 0. The van der Waals surface area contributed by atoms with E-state index in [9.17, 15) is 9.59 Å². The van der Waals surface area contributed by atoms with Crippen LogP contribution in [0.4, 0.5) is 0 Å². The standard InChI is InChI=1S/C9H16O2.C6H8O2/c1-3-4-5-6-7-8(2)9(10)11;1-3-4-5(2)6(7)8/h2-7H2,1H3,(H,10,11);3H,1-2,4H2,(H,7,8). The third-order valence-electron chi connectivity index (χ3n) is 2.33. The fourth-order valence-electron chi connectivity index (χ4n) is 1.13. The highest BCUT2D eigenvalue weighted by molar-refractivity contribution is 5.86. The van der Waals surface area contributed by atoms with Crippen LogP contribution in [0, 0.1) is 0 Å². The van der Waals surface area contributed by atoms with E-state index in [2.05, 4.69) is 26.7 Å². The van der Waals surface area contributed by atoms with Gasteiger partial charge in [-0.05, 0) is 19.3 Å². The van der Waals surface area contributed by atoms with Gasteiger partial charge in [0, 0.05) is 11.1 Å². The molecule has 0 aromatic rings. The molecule has 0 aliphatic heterocycles. The van der Waals surface area contributed by atoms with E-state index < -0.39 is 11.9 Å². The SMILES string of the molecule is C=C(CCCCCC)C(=O)O.C=CCC(=C)C(=O)O. The quantitative estimate of drug-likeness (QED) is 0.379. The molecule has 0 bridgehead atoms. The summed E-state index contributed by atoms with van der Waals surface area (Å²) in [6.07, 6.45) is 6.94. The number of aliphatic carboxylic acids is 2. The smallest absolute Gasteiger partial charge is 0.331 e. The minimum atomic E-state index is -0.954. The van der Waals surface area contributed by atoms with Gasteiger partial charge in [-0.25, -0.2) is 9.59 Å². The zero-order valence-electron chi connectivity index (χ0n) is 11.7. The molecular formula is C15H24O4. The molecule has 0 unspecified atom stereocenters. The molecule has 0 aliphatic rings. The minimum absolute atomic E-state index is 0.181. The summed E-state index contributed by atoms with van der Waals surface area (Å²) in [7, 11) is 0. The molecule has 0 spiro atoms. The lowest BCUT2D eigenvalue weighted by Crippen LogP contribution is -1.98. The van der Waals surface area contributed by atoms with Crippen molar-refractivity contribution < 1.29 is 19.8 Å². The molecule has 0 amide bonds. The van der Waals surface area contributed by atoms with Crippen LogP contribution in [-0.2, 0) is 9.59 Å². The van der Waals surface area contributed by atoms with E-state index >= 15 is 0 Å². The van der Waals surface area contributed by atoms with Crippen molar-refractivity contribution in [2.75, 3.05) is 0 Å². The largest absolute Gasteiger partial charge is 0.478 e. The van der Waals surface area contributed by atoms with Crippen molar-refractivity contribution in [3.05, 3.63) is 37.0 Å². The van der Waals surface area contributed by atoms with Crippen LogP contribution in [-0.4, -0.2) is 22.2 Å². The van der Waals surface area contributed by atoms with Gasteiger partial charge in [0.2, 0.25) is 0 Å². The Morgan fingerprint density at radius 1 is 1.00 bits per heavy atom. The minimum Gasteiger partial charge on any atom is -0.478 e. The molecule has 0 atom stereocenters. The number of rotatable bonds is 9. The molecule has 4 nitrogen and oxygen atoms in total. The van der Waals surface area contributed by atoms with E-state index in [1.165, 1.54) is 18.9 Å². The Labute approximate surface area is 115 Å². The monoisotopic (exact) mass is 268 g/mol.